The maximum Gasteiger partial charge on any atom is 0.442 e. The van der Waals surface area contributed by atoms with Crippen LogP contribution in [0.15, 0.2) is 84.8 Å². The highest BCUT2D eigenvalue weighted by Gasteiger charge is 2.31. The van der Waals surface area contributed by atoms with Crippen LogP contribution >= 0.6 is 30.6 Å². The van der Waals surface area contributed by atoms with Gasteiger partial charge >= 0.3 is 36.0 Å². The Kier molecular flexibility index (Phi) is 27.2. The van der Waals surface area contributed by atoms with Gasteiger partial charge in [0.1, 0.15) is 22.5 Å². The van der Waals surface area contributed by atoms with Gasteiger partial charge in [0, 0.05) is 36.9 Å². The number of nitrogens with two attached hydrogens (primary N) is 1. The van der Waals surface area contributed by atoms with Crippen molar-refractivity contribution in [3.63, 3.8) is 0 Å². The molecule has 4 aromatic heterocycles. The molecule has 2 unspecified atom stereocenters. The fourth-order valence-corrected chi connectivity index (χ4v) is 11.3. The van der Waals surface area contributed by atoms with Crippen LogP contribution in [-0.4, -0.2) is 151 Å². The fraction of sp³-hybridized carbons (Fsp3) is 0.408. The standard InChI is InChI=1S/C15H18Cl2N2O3.C15H16F3N5O4S.C14H17N5O7S2.C5H12NO4P/c1-8(2)21-12-7-11(9(16)6-10(12)17)19-14(20)22-13(18-19)15(3,4)5;1-9-19-12(22-14(20-9)27-2)21-13(24)23-28(25,26)11-6-4-3-5-10(11)7-8-15(16,17)18;1-4-27(21,22)9-6-5-7-15-12(9)28(23,24)19-14(20)18-13-16-10(25-2)8-11(17-13)26-3;1-11(9,10)3-2-4(6)5(7)8/h6-8H,1-5H3;3-6H,7-8H2,1-2H3,(H2,19,20,21,22,23,24);5-8H,4H2,1-3H3,(H2,16,17,18,19,20);4H,2-3,6H2,1H3,(H,7,8)(H,9,10). The van der Waals surface area contributed by atoms with Gasteiger partial charge < -0.3 is 39.1 Å². The number of nitrogens with zero attached hydrogens (tertiary/aromatic N) is 8. The summed E-state index contributed by atoms with van der Waals surface area (Å²) in [6, 6.07) is 8.36. The largest absolute Gasteiger partial charge is 0.489 e. The molecule has 2 atom stereocenters. The number of carbonyl (C=O) groups excluding carboxylic acids is 2. The topological polar surface area (TPSA) is 448 Å². The number of carboxylic acids is 1. The van der Waals surface area contributed by atoms with E-state index in [1.807, 2.05) is 34.6 Å². The molecule has 6 rings (SSSR count). The quantitative estimate of drug-likeness (QED) is 0.0413. The Bertz CT molecular complexity index is 3910. The van der Waals surface area contributed by atoms with Crippen molar-refractivity contribution in [3.05, 3.63) is 98.7 Å². The van der Waals surface area contributed by atoms with E-state index in [9.17, 15) is 62.2 Å². The number of carboxylic acid groups (broad SMARTS) is 1. The molecule has 31 nitrogen and oxygen atoms in total. The predicted octanol–water partition coefficient (Wildman–Crippen LogP) is 6.29. The SMILES string of the molecule is CC(C)Oc1cc(-n2nc(C(C)(C)C)oc2=O)c(Cl)cc1Cl.CCS(=O)(=O)c1cccnc1S(=O)(=O)NC(=O)Nc1nc(OC)cc(OC)n1.COc1nc(C)nc(NC(=O)NS(=O)(=O)c2ccccc2CCC(F)(F)F)n1.CP(=O)(O)CCC(N)C(=O)O. The normalized spacial score (nSPS) is 12.6. The molecule has 6 aromatic rings. The van der Waals surface area contributed by atoms with Gasteiger partial charge in [-0.3, -0.25) is 20.0 Å². The number of aromatic nitrogens is 8. The summed E-state index contributed by atoms with van der Waals surface area (Å²) < 4.78 is 152. The number of alkyl halides is 3. The highest BCUT2D eigenvalue weighted by molar-refractivity contribution is 7.93. The number of halogens is 5. The number of hydrogen-bond acceptors (Lipinski definition) is 24. The van der Waals surface area contributed by atoms with Crippen molar-refractivity contribution < 1.29 is 90.7 Å². The van der Waals surface area contributed by atoms with E-state index in [-0.39, 0.29) is 75.9 Å². The lowest BCUT2D eigenvalue weighted by Crippen LogP contribution is -2.36. The second kappa shape index (κ2) is 32.1. The summed E-state index contributed by atoms with van der Waals surface area (Å²) in [6.45, 7) is 13.5. The molecule has 2 aromatic carbocycles. The molecule has 4 heterocycles. The van der Waals surface area contributed by atoms with Crippen molar-refractivity contribution >= 4 is 90.4 Å². The van der Waals surface area contributed by atoms with E-state index in [4.69, 9.17) is 62.3 Å². The van der Waals surface area contributed by atoms with E-state index in [1.165, 1.54) is 78.2 Å². The molecule has 0 aliphatic carbocycles. The minimum atomic E-state index is -4.61. The van der Waals surface area contributed by atoms with Crippen LogP contribution in [0.4, 0.5) is 34.7 Å². The molecule has 0 bridgehead atoms. The van der Waals surface area contributed by atoms with Gasteiger partial charge in [0.15, 0.2) is 22.2 Å². The van der Waals surface area contributed by atoms with Crippen LogP contribution in [0.3, 0.4) is 0 Å². The van der Waals surface area contributed by atoms with Crippen molar-refractivity contribution in [2.24, 2.45) is 5.73 Å². The number of benzene rings is 2. The average Bonchev–Trinajstić information content (AvgIpc) is 1.93. The van der Waals surface area contributed by atoms with Crippen LogP contribution in [0, 0.1) is 6.92 Å². The number of ether oxygens (including phenoxy) is 4. The summed E-state index contributed by atoms with van der Waals surface area (Å²) in [7, 11) is -12.1. The van der Waals surface area contributed by atoms with E-state index < -0.39 is 101 Å². The van der Waals surface area contributed by atoms with Crippen LogP contribution in [0.5, 0.6) is 23.5 Å². The van der Waals surface area contributed by atoms with E-state index in [1.54, 1.807) is 15.5 Å². The van der Waals surface area contributed by atoms with Crippen LogP contribution in [0.2, 0.25) is 10.0 Å². The molecule has 490 valence electrons. The van der Waals surface area contributed by atoms with Gasteiger partial charge in [0.05, 0.1) is 59.9 Å². The third-order valence-electron chi connectivity index (χ3n) is 10.5. The maximum absolute atomic E-state index is 12.5. The Morgan fingerprint density at radius 2 is 1.38 bits per heavy atom. The minimum Gasteiger partial charge on any atom is -0.489 e. The third-order valence-corrected chi connectivity index (χ3v) is 16.8. The lowest BCUT2D eigenvalue weighted by atomic mass is 9.97. The van der Waals surface area contributed by atoms with Crippen molar-refractivity contribution in [1.82, 2.24) is 49.1 Å². The second-order valence-electron chi connectivity index (χ2n) is 19.3. The van der Waals surface area contributed by atoms with Crippen molar-refractivity contribution in [2.75, 3.05) is 50.5 Å². The van der Waals surface area contributed by atoms with Crippen molar-refractivity contribution in [1.29, 1.82) is 0 Å². The van der Waals surface area contributed by atoms with Crippen molar-refractivity contribution in [3.8, 4) is 29.2 Å². The van der Waals surface area contributed by atoms with Crippen LogP contribution in [0.1, 0.15) is 71.7 Å². The van der Waals surface area contributed by atoms with Gasteiger partial charge in [0.25, 0.3) is 20.0 Å². The minimum absolute atomic E-state index is 0.0412. The van der Waals surface area contributed by atoms with Gasteiger partial charge in [-0.1, -0.05) is 69.1 Å². The van der Waals surface area contributed by atoms with Gasteiger partial charge in [-0.25, -0.2) is 45.6 Å². The van der Waals surface area contributed by atoms with E-state index >= 15 is 0 Å². The van der Waals surface area contributed by atoms with E-state index in [0.29, 0.717) is 22.4 Å². The first kappa shape index (κ1) is 75.4. The lowest BCUT2D eigenvalue weighted by molar-refractivity contribution is -0.138. The number of hydrogen-bond donors (Lipinski definition) is 7. The van der Waals surface area contributed by atoms with Crippen LogP contribution in [-0.2, 0) is 51.1 Å². The molecular weight excluding hydrogens is 1310 g/mol. The maximum atomic E-state index is 12.5. The number of urea groups is 2. The number of anilines is 2. The summed E-state index contributed by atoms with van der Waals surface area (Å²) >= 11 is 12.3. The van der Waals surface area contributed by atoms with Crippen molar-refractivity contribution in [2.45, 2.75) is 106 Å². The van der Waals surface area contributed by atoms with Gasteiger partial charge in [0.2, 0.25) is 29.5 Å². The number of aryl methyl sites for hydroxylation is 2. The Morgan fingerprint density at radius 3 is 1.89 bits per heavy atom. The molecule has 0 aliphatic heterocycles. The Morgan fingerprint density at radius 1 is 0.820 bits per heavy atom. The lowest BCUT2D eigenvalue weighted by Gasteiger charge is -2.13. The zero-order valence-electron chi connectivity index (χ0n) is 49.1. The highest BCUT2D eigenvalue weighted by Crippen LogP contribution is 2.36. The fourth-order valence-electron chi connectivity index (χ4n) is 6.35. The smallest absolute Gasteiger partial charge is 0.442 e. The molecule has 0 spiro atoms. The van der Waals surface area contributed by atoms with Gasteiger partial charge in [-0.05, 0) is 63.4 Å². The van der Waals surface area contributed by atoms with E-state index in [2.05, 4.69) is 45.6 Å². The molecular formula is C49H63Cl2F3N13O18PS3. The third kappa shape index (κ3) is 24.6. The Hall–Kier alpha value is -7.80. The summed E-state index contributed by atoms with van der Waals surface area (Å²) in [5, 5.41) is 16.6. The van der Waals surface area contributed by atoms with Gasteiger partial charge in [-0.2, -0.15) is 51.2 Å². The van der Waals surface area contributed by atoms with E-state index in [0.717, 1.165) is 23.0 Å². The molecule has 0 saturated carbocycles. The van der Waals surface area contributed by atoms with Crippen LogP contribution < -0.4 is 50.5 Å². The summed E-state index contributed by atoms with van der Waals surface area (Å²) in [4.78, 5) is 76.7. The Labute approximate surface area is 518 Å². The molecule has 4 amide bonds. The number of amides is 4. The first-order chi connectivity index (χ1) is 41.0. The number of pyridine rings is 1. The Balaban J connectivity index is 0.000000324. The average molecular weight is 1380 g/mol. The molecule has 0 aliphatic rings. The predicted molar refractivity (Wildman–Crippen MR) is 315 cm³/mol. The molecule has 0 radical (unpaired) electrons. The molecule has 40 heteroatoms. The molecule has 89 heavy (non-hydrogen) atoms. The molecule has 0 saturated heterocycles. The molecule has 0 fully saturated rings. The molecule has 8 N–H and O–H groups in total. The number of rotatable bonds is 20. The summed E-state index contributed by atoms with van der Waals surface area (Å²) in [5.41, 5.74) is 5.00. The number of sulfonamides is 2. The number of sulfone groups is 1. The second-order valence-corrected chi connectivity index (χ2v) is 28.1. The zero-order chi connectivity index (χ0) is 67.6. The first-order valence-corrected chi connectivity index (χ1v) is 33.0. The monoisotopic (exact) mass is 1380 g/mol. The summed E-state index contributed by atoms with van der Waals surface area (Å²) in [6.07, 6.45) is -5.17. The number of methoxy groups -OCH3 is 3. The number of carbonyl (C=O) groups is 3. The number of nitrogens with one attached hydrogen (secondary N) is 4. The number of aliphatic carboxylic acids is 1. The van der Waals surface area contributed by atoms with Gasteiger partial charge in [-0.15, -0.1) is 5.10 Å². The highest BCUT2D eigenvalue weighted by atomic mass is 35.5. The first-order valence-electron chi connectivity index (χ1n) is 25.3. The van der Waals surface area contributed by atoms with Crippen LogP contribution in [0.25, 0.3) is 5.69 Å². The summed E-state index contributed by atoms with van der Waals surface area (Å²) in [5.74, 6) is -1.56. The zero-order valence-corrected chi connectivity index (χ0v) is 54.0.